The highest BCUT2D eigenvalue weighted by atomic mass is 16.2. The number of nitrogens with zero attached hydrogens (tertiary/aromatic N) is 2. The first-order valence-corrected chi connectivity index (χ1v) is 7.79. The molecule has 1 aromatic carbocycles. The smallest absolute Gasteiger partial charge is 0.328 e. The van der Waals surface area contributed by atoms with Crippen LogP contribution in [0.3, 0.4) is 0 Å². The van der Waals surface area contributed by atoms with Crippen LogP contribution in [0.5, 0.6) is 0 Å². The van der Waals surface area contributed by atoms with E-state index in [4.69, 9.17) is 0 Å². The molecule has 7 nitrogen and oxygen atoms in total. The van der Waals surface area contributed by atoms with Crippen molar-refractivity contribution in [2.45, 2.75) is 25.9 Å². The Kier molecular flexibility index (Phi) is 4.29. The molecule has 0 saturated carbocycles. The van der Waals surface area contributed by atoms with Gasteiger partial charge in [-0.05, 0) is 19.1 Å². The Bertz CT molecular complexity index is 839. The minimum atomic E-state index is -0.477. The van der Waals surface area contributed by atoms with E-state index in [0.717, 1.165) is 6.54 Å². The van der Waals surface area contributed by atoms with E-state index in [9.17, 15) is 14.4 Å². The van der Waals surface area contributed by atoms with Crippen LogP contribution in [0.4, 0.5) is 0 Å². The number of aromatic amines is 1. The Labute approximate surface area is 132 Å². The molecule has 0 aliphatic carbocycles. The first-order valence-electron chi connectivity index (χ1n) is 7.79. The average Bonchev–Trinajstić information content (AvgIpc) is 2.54. The van der Waals surface area contributed by atoms with Gasteiger partial charge in [0.1, 0.15) is 0 Å². The molecule has 2 N–H and O–H groups in total. The van der Waals surface area contributed by atoms with Gasteiger partial charge in [0.15, 0.2) is 0 Å². The van der Waals surface area contributed by atoms with Crippen molar-refractivity contribution in [1.29, 1.82) is 0 Å². The maximum absolute atomic E-state index is 12.3. The standard InChI is InChI=1S/C16H20N4O3/c1-11-10-19(9-7-17-11)14(21)6-8-20-13-5-3-2-4-12(13)15(22)18-16(20)23/h2-5,11,17H,6-10H2,1H3,(H,18,22,23)/t11-/m1/s1. The number of para-hydroxylation sites is 1. The van der Waals surface area contributed by atoms with Crippen molar-refractivity contribution in [2.24, 2.45) is 0 Å². The molecule has 0 bridgehead atoms. The number of hydrogen-bond acceptors (Lipinski definition) is 4. The lowest BCUT2D eigenvalue weighted by Crippen LogP contribution is -2.51. The van der Waals surface area contributed by atoms with E-state index in [-0.39, 0.29) is 24.9 Å². The predicted octanol–water partition coefficient (Wildman–Crippen LogP) is -0.0998. The third-order valence-electron chi connectivity index (χ3n) is 4.18. The molecule has 0 radical (unpaired) electrons. The molecule has 1 aliphatic rings. The van der Waals surface area contributed by atoms with Crippen LogP contribution in [0.25, 0.3) is 10.9 Å². The monoisotopic (exact) mass is 316 g/mol. The van der Waals surface area contributed by atoms with Crippen LogP contribution in [0.1, 0.15) is 13.3 Å². The fraction of sp³-hybridized carbons (Fsp3) is 0.438. The van der Waals surface area contributed by atoms with Gasteiger partial charge in [0.2, 0.25) is 5.91 Å². The third kappa shape index (κ3) is 3.19. The van der Waals surface area contributed by atoms with Crippen LogP contribution in [0.15, 0.2) is 33.9 Å². The Balaban J connectivity index is 1.81. The number of piperazine rings is 1. The number of aromatic nitrogens is 2. The van der Waals surface area contributed by atoms with Crippen molar-refractivity contribution in [3.05, 3.63) is 45.1 Å². The average molecular weight is 316 g/mol. The van der Waals surface area contributed by atoms with Gasteiger partial charge in [-0.1, -0.05) is 12.1 Å². The SMILES string of the molecule is C[C@@H]1CN(C(=O)CCn2c(=O)[nH]c(=O)c3ccccc32)CCN1. The molecular weight excluding hydrogens is 296 g/mol. The molecule has 1 aromatic heterocycles. The van der Waals surface area contributed by atoms with E-state index < -0.39 is 11.2 Å². The van der Waals surface area contributed by atoms with Gasteiger partial charge in [0, 0.05) is 38.6 Å². The van der Waals surface area contributed by atoms with E-state index in [1.807, 2.05) is 11.8 Å². The van der Waals surface area contributed by atoms with E-state index in [1.165, 1.54) is 4.57 Å². The number of carbonyl (C=O) groups excluding carboxylic acids is 1. The van der Waals surface area contributed by atoms with Gasteiger partial charge < -0.3 is 10.2 Å². The number of fused-ring (bicyclic) bond motifs is 1. The molecule has 7 heteroatoms. The molecule has 3 rings (SSSR count). The second-order valence-electron chi connectivity index (χ2n) is 5.87. The van der Waals surface area contributed by atoms with E-state index in [0.29, 0.717) is 24.0 Å². The predicted molar refractivity (Wildman–Crippen MR) is 87.5 cm³/mol. The molecule has 1 saturated heterocycles. The van der Waals surface area contributed by atoms with Gasteiger partial charge in [-0.15, -0.1) is 0 Å². The number of carbonyl (C=O) groups is 1. The highest BCUT2D eigenvalue weighted by molar-refractivity contribution is 5.79. The molecule has 2 heterocycles. The van der Waals surface area contributed by atoms with Gasteiger partial charge in [0.05, 0.1) is 10.9 Å². The zero-order chi connectivity index (χ0) is 16.4. The molecule has 2 aromatic rings. The lowest BCUT2D eigenvalue weighted by molar-refractivity contribution is -0.132. The third-order valence-corrected chi connectivity index (χ3v) is 4.18. The Morgan fingerprint density at radius 3 is 2.87 bits per heavy atom. The summed E-state index contributed by atoms with van der Waals surface area (Å²) >= 11 is 0. The number of benzene rings is 1. The summed E-state index contributed by atoms with van der Waals surface area (Å²) in [6.45, 7) is 4.45. The first kappa shape index (κ1) is 15.5. The zero-order valence-corrected chi connectivity index (χ0v) is 13.0. The Hall–Kier alpha value is -2.41. The summed E-state index contributed by atoms with van der Waals surface area (Å²) in [6, 6.07) is 7.20. The lowest BCUT2D eigenvalue weighted by Gasteiger charge is -2.32. The maximum atomic E-state index is 12.3. The normalized spacial score (nSPS) is 18.3. The molecule has 1 amide bonds. The highest BCUT2D eigenvalue weighted by Gasteiger charge is 2.20. The van der Waals surface area contributed by atoms with E-state index in [1.54, 1.807) is 24.3 Å². The molecular formula is C16H20N4O3. The van der Waals surface area contributed by atoms with E-state index >= 15 is 0 Å². The van der Waals surface area contributed by atoms with Crippen molar-refractivity contribution < 1.29 is 4.79 Å². The first-order chi connectivity index (χ1) is 11.1. The number of aryl methyl sites for hydroxylation is 1. The number of rotatable bonds is 3. The van der Waals surface area contributed by atoms with Gasteiger partial charge in [-0.3, -0.25) is 19.1 Å². The quantitative estimate of drug-likeness (QED) is 0.828. The largest absolute Gasteiger partial charge is 0.340 e. The zero-order valence-electron chi connectivity index (χ0n) is 13.0. The minimum Gasteiger partial charge on any atom is -0.340 e. The van der Waals surface area contributed by atoms with Gasteiger partial charge >= 0.3 is 5.69 Å². The topological polar surface area (TPSA) is 87.2 Å². The van der Waals surface area contributed by atoms with Crippen molar-refractivity contribution in [1.82, 2.24) is 19.8 Å². The van der Waals surface area contributed by atoms with Crippen molar-refractivity contribution in [3.8, 4) is 0 Å². The van der Waals surface area contributed by atoms with Crippen LogP contribution in [0.2, 0.25) is 0 Å². The molecule has 0 unspecified atom stereocenters. The summed E-state index contributed by atoms with van der Waals surface area (Å²) < 4.78 is 1.46. The number of amides is 1. The summed E-state index contributed by atoms with van der Waals surface area (Å²) in [5, 5.41) is 3.75. The summed E-state index contributed by atoms with van der Waals surface area (Å²) in [7, 11) is 0. The van der Waals surface area contributed by atoms with Gasteiger partial charge in [0.25, 0.3) is 5.56 Å². The molecule has 0 spiro atoms. The van der Waals surface area contributed by atoms with Crippen LogP contribution in [0, 0.1) is 0 Å². The molecule has 1 fully saturated rings. The summed E-state index contributed by atoms with van der Waals surface area (Å²) in [5.41, 5.74) is -0.318. The molecule has 1 aliphatic heterocycles. The second-order valence-corrected chi connectivity index (χ2v) is 5.87. The number of hydrogen-bond donors (Lipinski definition) is 2. The summed E-state index contributed by atoms with van der Waals surface area (Å²) in [4.78, 5) is 40.4. The maximum Gasteiger partial charge on any atom is 0.328 e. The lowest BCUT2D eigenvalue weighted by atomic mass is 10.2. The summed E-state index contributed by atoms with van der Waals surface area (Å²) in [6.07, 6.45) is 0.239. The van der Waals surface area contributed by atoms with Crippen molar-refractivity contribution in [2.75, 3.05) is 19.6 Å². The van der Waals surface area contributed by atoms with Crippen LogP contribution in [-0.2, 0) is 11.3 Å². The number of H-pyrrole nitrogens is 1. The number of nitrogens with one attached hydrogen (secondary N) is 2. The minimum absolute atomic E-state index is 0.0283. The second kappa shape index (κ2) is 6.37. The highest BCUT2D eigenvalue weighted by Crippen LogP contribution is 2.08. The molecule has 23 heavy (non-hydrogen) atoms. The van der Waals surface area contributed by atoms with Crippen molar-refractivity contribution >= 4 is 16.8 Å². The Morgan fingerprint density at radius 2 is 2.09 bits per heavy atom. The molecule has 122 valence electrons. The van der Waals surface area contributed by atoms with E-state index in [2.05, 4.69) is 10.3 Å². The van der Waals surface area contributed by atoms with Gasteiger partial charge in [-0.25, -0.2) is 4.79 Å². The fourth-order valence-electron chi connectivity index (χ4n) is 2.99. The summed E-state index contributed by atoms with van der Waals surface area (Å²) in [5.74, 6) is 0.0283. The Morgan fingerprint density at radius 1 is 1.30 bits per heavy atom. The molecule has 1 atom stereocenters. The van der Waals surface area contributed by atoms with Crippen LogP contribution < -0.4 is 16.6 Å². The van der Waals surface area contributed by atoms with Crippen LogP contribution >= 0.6 is 0 Å². The van der Waals surface area contributed by atoms with Crippen molar-refractivity contribution in [3.63, 3.8) is 0 Å². The fourth-order valence-corrected chi connectivity index (χ4v) is 2.99. The van der Waals surface area contributed by atoms with Gasteiger partial charge in [-0.2, -0.15) is 0 Å². The van der Waals surface area contributed by atoms with Crippen LogP contribution in [-0.4, -0.2) is 46.0 Å².